The minimum Gasteiger partial charge on any atom is -0.481 e. The van der Waals surface area contributed by atoms with Gasteiger partial charge >= 0.3 is 5.97 Å². The second-order valence-electron chi connectivity index (χ2n) is 7.20. The number of ether oxygens (including phenoxy) is 3. The molecule has 0 saturated heterocycles. The number of aliphatic hydroxyl groups is 4. The molecule has 0 bridgehead atoms. The number of aliphatic carboxylic acids is 1. The molecule has 0 atom stereocenters. The smallest absolute Gasteiger partial charge is 0.303 e. The molecule has 0 fully saturated rings. The standard InChI is InChI=1S/C19H35N3O9/c23-7-17(8-24)30-12-15(13-31-18(9-25)10-26)11-29-14-16-6-22(21-20-16)5-3-1-2-4-19(27)28/h6,15,17-18,23-26H,1-5,7-14H2,(H,27,28). The van der Waals surface area contributed by atoms with E-state index in [-0.39, 0.29) is 65.2 Å². The predicted octanol–water partition coefficient (Wildman–Crippen LogP) is -1.20. The van der Waals surface area contributed by atoms with Crippen LogP contribution in [0.5, 0.6) is 0 Å². The molecule has 0 aromatic carbocycles. The third-order valence-corrected chi connectivity index (χ3v) is 4.42. The molecule has 1 heterocycles. The van der Waals surface area contributed by atoms with Gasteiger partial charge in [-0.25, -0.2) is 0 Å². The minimum atomic E-state index is -0.791. The molecule has 5 N–H and O–H groups in total. The third-order valence-electron chi connectivity index (χ3n) is 4.42. The number of nitrogens with zero attached hydrogens (tertiary/aromatic N) is 3. The van der Waals surface area contributed by atoms with E-state index in [0.29, 0.717) is 18.7 Å². The number of aromatic nitrogens is 3. The van der Waals surface area contributed by atoms with Gasteiger partial charge in [0, 0.05) is 18.9 Å². The van der Waals surface area contributed by atoms with E-state index in [2.05, 4.69) is 10.3 Å². The van der Waals surface area contributed by atoms with Gasteiger partial charge in [-0.05, 0) is 12.8 Å². The fraction of sp³-hybridized carbons (Fsp3) is 0.842. The van der Waals surface area contributed by atoms with E-state index in [0.717, 1.165) is 12.8 Å². The molecule has 0 unspecified atom stereocenters. The van der Waals surface area contributed by atoms with Crippen molar-refractivity contribution in [1.29, 1.82) is 0 Å². The molecule has 0 aliphatic heterocycles. The second kappa shape index (κ2) is 17.0. The number of hydrogen-bond donors (Lipinski definition) is 5. The average molecular weight is 450 g/mol. The maximum Gasteiger partial charge on any atom is 0.303 e. The quantitative estimate of drug-likeness (QED) is 0.151. The van der Waals surface area contributed by atoms with Crippen LogP contribution in [-0.2, 0) is 32.2 Å². The molecule has 1 aromatic heterocycles. The molecule has 0 aliphatic rings. The number of carboxylic acids is 1. The lowest BCUT2D eigenvalue weighted by molar-refractivity contribution is -0.137. The SMILES string of the molecule is O=C(O)CCCCCn1cc(COCC(COC(CO)CO)COC(CO)CO)nn1. The molecule has 12 heteroatoms. The minimum absolute atomic E-state index is 0.151. The van der Waals surface area contributed by atoms with Crippen molar-refractivity contribution in [3.8, 4) is 0 Å². The van der Waals surface area contributed by atoms with E-state index in [1.54, 1.807) is 10.9 Å². The predicted molar refractivity (Wildman–Crippen MR) is 107 cm³/mol. The van der Waals surface area contributed by atoms with Crippen molar-refractivity contribution >= 4 is 5.97 Å². The van der Waals surface area contributed by atoms with E-state index in [4.69, 9.17) is 39.7 Å². The number of carbonyl (C=O) groups is 1. The van der Waals surface area contributed by atoms with Crippen LogP contribution in [-0.4, -0.2) is 105 Å². The molecule has 12 nitrogen and oxygen atoms in total. The summed E-state index contributed by atoms with van der Waals surface area (Å²) < 4.78 is 18.2. The van der Waals surface area contributed by atoms with Gasteiger partial charge in [-0.1, -0.05) is 11.6 Å². The average Bonchev–Trinajstić information content (AvgIpc) is 3.21. The van der Waals surface area contributed by atoms with Gasteiger partial charge < -0.3 is 39.7 Å². The first-order valence-corrected chi connectivity index (χ1v) is 10.4. The van der Waals surface area contributed by atoms with Gasteiger partial charge in [0.2, 0.25) is 0 Å². The van der Waals surface area contributed by atoms with Crippen LogP contribution in [0.4, 0.5) is 0 Å². The molecule has 1 rings (SSSR count). The van der Waals surface area contributed by atoms with Crippen molar-refractivity contribution < 1.29 is 44.5 Å². The van der Waals surface area contributed by atoms with Crippen LogP contribution in [0.25, 0.3) is 0 Å². The first kappa shape index (κ1) is 27.4. The lowest BCUT2D eigenvalue weighted by Gasteiger charge is -2.22. The Balaban J connectivity index is 2.39. The lowest BCUT2D eigenvalue weighted by Crippen LogP contribution is -2.32. The van der Waals surface area contributed by atoms with Gasteiger partial charge in [0.15, 0.2) is 0 Å². The van der Waals surface area contributed by atoms with E-state index in [9.17, 15) is 4.79 Å². The summed E-state index contributed by atoms with van der Waals surface area (Å²) in [5, 5.41) is 53.2. The molecular weight excluding hydrogens is 414 g/mol. The molecule has 180 valence electrons. The Kier molecular flexibility index (Phi) is 15.0. The second-order valence-corrected chi connectivity index (χ2v) is 7.20. The van der Waals surface area contributed by atoms with Crippen molar-refractivity contribution in [2.45, 2.75) is 51.0 Å². The van der Waals surface area contributed by atoms with Crippen LogP contribution in [0.3, 0.4) is 0 Å². The maximum atomic E-state index is 10.5. The van der Waals surface area contributed by atoms with Gasteiger partial charge in [-0.2, -0.15) is 0 Å². The van der Waals surface area contributed by atoms with Crippen LogP contribution >= 0.6 is 0 Å². The van der Waals surface area contributed by atoms with Crippen LogP contribution < -0.4 is 0 Å². The zero-order valence-electron chi connectivity index (χ0n) is 17.7. The Bertz CT molecular complexity index is 564. The summed E-state index contributed by atoms with van der Waals surface area (Å²) in [5.74, 6) is -1.05. The van der Waals surface area contributed by atoms with Crippen molar-refractivity contribution in [3.05, 3.63) is 11.9 Å². The van der Waals surface area contributed by atoms with Gasteiger partial charge in [-0.15, -0.1) is 5.10 Å². The summed E-state index contributed by atoms with van der Waals surface area (Å²) >= 11 is 0. The van der Waals surface area contributed by atoms with Crippen LogP contribution in [0.2, 0.25) is 0 Å². The van der Waals surface area contributed by atoms with Crippen molar-refractivity contribution in [1.82, 2.24) is 15.0 Å². The van der Waals surface area contributed by atoms with E-state index in [1.807, 2.05) is 0 Å². The molecular formula is C19H35N3O9. The number of hydrogen-bond acceptors (Lipinski definition) is 10. The largest absolute Gasteiger partial charge is 0.481 e. The summed E-state index contributed by atoms with van der Waals surface area (Å²) in [4.78, 5) is 10.5. The van der Waals surface area contributed by atoms with Crippen molar-refractivity contribution in [3.63, 3.8) is 0 Å². The molecule has 0 spiro atoms. The summed E-state index contributed by atoms with van der Waals surface area (Å²) in [6.45, 7) is 0.111. The highest BCUT2D eigenvalue weighted by molar-refractivity contribution is 5.66. The Morgan fingerprint density at radius 2 is 1.55 bits per heavy atom. The Labute approximate surface area is 181 Å². The third kappa shape index (κ3) is 12.7. The van der Waals surface area contributed by atoms with Crippen LogP contribution in [0, 0.1) is 5.92 Å². The van der Waals surface area contributed by atoms with E-state index < -0.39 is 18.2 Å². The highest BCUT2D eigenvalue weighted by Gasteiger charge is 2.17. The Morgan fingerprint density at radius 3 is 2.10 bits per heavy atom. The lowest BCUT2D eigenvalue weighted by atomic mass is 10.2. The summed E-state index contributed by atoms with van der Waals surface area (Å²) in [6.07, 6.45) is 2.76. The zero-order chi connectivity index (χ0) is 22.9. The first-order valence-electron chi connectivity index (χ1n) is 10.4. The van der Waals surface area contributed by atoms with Crippen molar-refractivity contribution in [2.24, 2.45) is 5.92 Å². The summed E-state index contributed by atoms with van der Waals surface area (Å²) in [5.41, 5.74) is 0.637. The summed E-state index contributed by atoms with van der Waals surface area (Å²) in [6, 6.07) is 0. The van der Waals surface area contributed by atoms with E-state index in [1.165, 1.54) is 0 Å². The maximum absolute atomic E-state index is 10.5. The number of aryl methyl sites for hydroxylation is 1. The number of carboxylic acid groups (broad SMARTS) is 1. The number of unbranched alkanes of at least 4 members (excludes halogenated alkanes) is 2. The zero-order valence-corrected chi connectivity index (χ0v) is 17.7. The molecule has 0 saturated carbocycles. The van der Waals surface area contributed by atoms with Gasteiger partial charge in [-0.3, -0.25) is 9.48 Å². The molecule has 31 heavy (non-hydrogen) atoms. The molecule has 0 amide bonds. The van der Waals surface area contributed by atoms with E-state index >= 15 is 0 Å². The van der Waals surface area contributed by atoms with Crippen LogP contribution in [0.1, 0.15) is 31.4 Å². The van der Waals surface area contributed by atoms with Crippen LogP contribution in [0.15, 0.2) is 6.20 Å². The molecule has 0 aliphatic carbocycles. The van der Waals surface area contributed by atoms with Gasteiger partial charge in [0.05, 0.1) is 59.1 Å². The topological polar surface area (TPSA) is 177 Å². The monoisotopic (exact) mass is 449 g/mol. The Morgan fingerprint density at radius 1 is 0.935 bits per heavy atom. The first-order chi connectivity index (χ1) is 15.0. The normalized spacial score (nSPS) is 11.8. The van der Waals surface area contributed by atoms with Crippen molar-refractivity contribution in [2.75, 3.05) is 46.2 Å². The fourth-order valence-corrected chi connectivity index (χ4v) is 2.59. The number of rotatable bonds is 20. The Hall–Kier alpha value is -1.67. The highest BCUT2D eigenvalue weighted by Crippen LogP contribution is 2.08. The molecule has 0 radical (unpaired) electrons. The fourth-order valence-electron chi connectivity index (χ4n) is 2.59. The molecule has 1 aromatic rings. The highest BCUT2D eigenvalue weighted by atomic mass is 16.5. The van der Waals surface area contributed by atoms with Gasteiger partial charge in [0.25, 0.3) is 0 Å². The number of aliphatic hydroxyl groups excluding tert-OH is 4. The van der Waals surface area contributed by atoms with Gasteiger partial charge in [0.1, 0.15) is 17.9 Å². The summed E-state index contributed by atoms with van der Waals surface area (Å²) in [7, 11) is 0.